The van der Waals surface area contributed by atoms with Gasteiger partial charge < -0.3 is 42.1 Å². The van der Waals surface area contributed by atoms with Crippen molar-refractivity contribution in [3.05, 3.63) is 56.5 Å². The minimum Gasteiger partial charge on any atom is -0.397 e. The molecule has 4 aliphatic heterocycles. The summed E-state index contributed by atoms with van der Waals surface area (Å²) in [6.45, 7) is 5.85. The zero-order valence-electron chi connectivity index (χ0n) is 33.4. The predicted molar refractivity (Wildman–Crippen MR) is 232 cm³/mol. The molecule has 4 heterocycles. The number of likely N-dealkylation sites (tertiary alicyclic amines) is 3. The fourth-order valence-electron chi connectivity index (χ4n) is 8.81. The third-order valence-electron chi connectivity index (χ3n) is 12.2. The first-order valence-corrected chi connectivity index (χ1v) is 22.6. The molecule has 0 aliphatic carbocycles. The van der Waals surface area contributed by atoms with Gasteiger partial charge >= 0.3 is 6.03 Å². The van der Waals surface area contributed by atoms with Crippen LogP contribution in [0.25, 0.3) is 0 Å². The Labute approximate surface area is 358 Å². The molecule has 0 bridgehead atoms. The van der Waals surface area contributed by atoms with E-state index in [9.17, 15) is 24.0 Å². The van der Waals surface area contributed by atoms with Crippen molar-refractivity contribution in [3.8, 4) is 0 Å². The maximum Gasteiger partial charge on any atom is 0.322 e. The lowest BCUT2D eigenvalue weighted by Gasteiger charge is -2.40. The number of nitrogens with two attached hydrogens (primary N) is 2. The van der Waals surface area contributed by atoms with Crippen LogP contribution in [0.1, 0.15) is 86.6 Å². The molecule has 4 aliphatic rings. The van der Waals surface area contributed by atoms with Crippen LogP contribution in [0.5, 0.6) is 0 Å². The second-order valence-corrected chi connectivity index (χ2v) is 17.8. The highest BCUT2D eigenvalue weighted by Crippen LogP contribution is 2.31. The van der Waals surface area contributed by atoms with Gasteiger partial charge in [0, 0.05) is 71.4 Å². The first-order chi connectivity index (χ1) is 28.0. The van der Waals surface area contributed by atoms with Gasteiger partial charge in [-0.2, -0.15) is 0 Å². The number of anilines is 2. The number of ketones is 1. The number of fused-ring (bicyclic) bond motifs is 1. The van der Waals surface area contributed by atoms with Crippen LogP contribution in [-0.4, -0.2) is 132 Å². The van der Waals surface area contributed by atoms with Crippen molar-refractivity contribution < 1.29 is 24.0 Å². The third kappa shape index (κ3) is 11.6. The van der Waals surface area contributed by atoms with Crippen LogP contribution >= 0.6 is 31.9 Å². The first kappa shape index (κ1) is 44.0. The summed E-state index contributed by atoms with van der Waals surface area (Å²) < 4.78 is 1.05. The smallest absolute Gasteiger partial charge is 0.322 e. The lowest BCUT2D eigenvalue weighted by atomic mass is 9.98. The van der Waals surface area contributed by atoms with Gasteiger partial charge in [0.15, 0.2) is 5.78 Å². The summed E-state index contributed by atoms with van der Waals surface area (Å²) in [6.07, 6.45) is 8.97. The summed E-state index contributed by atoms with van der Waals surface area (Å²) in [4.78, 5) is 77.3. The quantitative estimate of drug-likeness (QED) is 0.0975. The number of rotatable bonds is 15. The van der Waals surface area contributed by atoms with Crippen LogP contribution in [0.3, 0.4) is 0 Å². The maximum absolute atomic E-state index is 14.4. The van der Waals surface area contributed by atoms with Crippen LogP contribution in [0.4, 0.5) is 16.2 Å². The zero-order chi connectivity index (χ0) is 41.2. The van der Waals surface area contributed by atoms with Crippen LogP contribution in [0.15, 0.2) is 45.3 Å². The molecule has 2 aromatic rings. The molecule has 5 amide bonds. The Morgan fingerprint density at radius 1 is 0.828 bits per heavy atom. The number of nitrogens with one attached hydrogen (secondary N) is 3. The van der Waals surface area contributed by atoms with Crippen molar-refractivity contribution in [2.45, 2.75) is 101 Å². The topological polar surface area (TPSA) is 186 Å². The van der Waals surface area contributed by atoms with Crippen molar-refractivity contribution in [3.63, 3.8) is 0 Å². The minimum atomic E-state index is -1.19. The van der Waals surface area contributed by atoms with Crippen molar-refractivity contribution in [2.24, 2.45) is 5.73 Å². The Bertz CT molecular complexity index is 1750. The minimum absolute atomic E-state index is 0.0739. The van der Waals surface area contributed by atoms with E-state index in [-0.39, 0.29) is 42.6 Å². The molecule has 3 saturated heterocycles. The van der Waals surface area contributed by atoms with Gasteiger partial charge in [0.2, 0.25) is 17.7 Å². The SMILES string of the molecule is NCCCCC(NC(=O)CN1CCC(N2CCCCC2)CC1)C(=O)NC(CC(=O)c1cc(Br)c(N)c(Br)c1)C(=O)N1CCC(N2CCc3ccccc3NC2=O)CC1. The molecule has 0 spiro atoms. The number of hydrogen-bond acceptors (Lipinski definition) is 9. The van der Waals surface area contributed by atoms with Crippen LogP contribution in [0.2, 0.25) is 0 Å². The van der Waals surface area contributed by atoms with Gasteiger partial charge in [-0.15, -0.1) is 0 Å². The van der Waals surface area contributed by atoms with Crippen LogP contribution < -0.4 is 27.4 Å². The number of piperidine rings is 3. The molecule has 16 heteroatoms. The fourth-order valence-corrected chi connectivity index (χ4v) is 9.99. The highest BCUT2D eigenvalue weighted by Gasteiger charge is 2.36. The lowest BCUT2D eigenvalue weighted by Crippen LogP contribution is -2.57. The molecule has 0 saturated carbocycles. The standard InChI is InChI=1S/C42H59Br2N9O5/c43-32-24-29(25-33(44)39(32)46)37(54)26-36(41(57)52-21-14-31(15-22-52)53-23-11-28-8-2-3-9-34(28)49-42(53)58)48-40(56)35(10-4-5-16-45)47-38(55)27-50-19-12-30(13-20-50)51-17-6-1-7-18-51/h2-3,8-9,24-25,30-31,35-36H,1,4-7,10-23,26-27,45-46H2,(H,47,55)(H,48,56)(H,49,58). The van der Waals surface area contributed by atoms with E-state index >= 15 is 0 Å². The van der Waals surface area contributed by atoms with Gasteiger partial charge in [-0.1, -0.05) is 24.6 Å². The Morgan fingerprint density at radius 3 is 2.19 bits per heavy atom. The Balaban J connectivity index is 1.11. The molecule has 58 heavy (non-hydrogen) atoms. The van der Waals surface area contributed by atoms with E-state index in [0.29, 0.717) is 84.5 Å². The average Bonchev–Trinajstić information content (AvgIpc) is 3.40. The number of nitrogens with zero attached hydrogens (tertiary/aromatic N) is 4. The van der Waals surface area contributed by atoms with Gasteiger partial charge in [-0.25, -0.2) is 4.79 Å². The number of carbonyl (C=O) groups is 5. The molecule has 14 nitrogen and oxygen atoms in total. The molecule has 2 unspecified atom stereocenters. The number of urea groups is 1. The number of benzene rings is 2. The van der Waals surface area contributed by atoms with Crippen molar-refractivity contribution >= 4 is 72.8 Å². The summed E-state index contributed by atoms with van der Waals surface area (Å²) in [5, 5.41) is 8.89. The van der Waals surface area contributed by atoms with Crippen LogP contribution in [-0.2, 0) is 20.8 Å². The number of carbonyl (C=O) groups excluding carboxylic acids is 5. The van der Waals surface area contributed by atoms with E-state index < -0.39 is 18.0 Å². The molecule has 7 N–H and O–H groups in total. The summed E-state index contributed by atoms with van der Waals surface area (Å²) in [6, 6.07) is 9.23. The fraction of sp³-hybridized carbons (Fsp3) is 0.595. The highest BCUT2D eigenvalue weighted by atomic mass is 79.9. The first-order valence-electron chi connectivity index (χ1n) is 21.0. The van der Waals surface area contributed by atoms with E-state index in [4.69, 9.17) is 11.5 Å². The molecule has 3 fully saturated rings. The second kappa shape index (κ2) is 21.1. The van der Waals surface area contributed by atoms with E-state index in [1.54, 1.807) is 17.0 Å². The Kier molecular flexibility index (Phi) is 16.0. The van der Waals surface area contributed by atoms with Gasteiger partial charge in [-0.3, -0.25) is 24.1 Å². The second-order valence-electron chi connectivity index (χ2n) is 16.1. The molecule has 316 valence electrons. The lowest BCUT2D eigenvalue weighted by molar-refractivity contribution is -0.138. The molecule has 6 rings (SSSR count). The number of para-hydroxylation sites is 1. The normalized spacial score (nSPS) is 19.7. The van der Waals surface area contributed by atoms with Gasteiger partial charge in [0.1, 0.15) is 12.1 Å². The molecule has 0 radical (unpaired) electrons. The van der Waals surface area contributed by atoms with Crippen molar-refractivity contribution in [1.29, 1.82) is 0 Å². The third-order valence-corrected chi connectivity index (χ3v) is 13.5. The van der Waals surface area contributed by atoms with E-state index in [2.05, 4.69) is 57.6 Å². The number of amides is 5. The van der Waals surface area contributed by atoms with E-state index in [1.165, 1.54) is 19.3 Å². The van der Waals surface area contributed by atoms with Crippen molar-refractivity contribution in [1.82, 2.24) is 30.2 Å². The van der Waals surface area contributed by atoms with Crippen LogP contribution in [0, 0.1) is 0 Å². The van der Waals surface area contributed by atoms with Gasteiger partial charge in [0.25, 0.3) is 0 Å². The highest BCUT2D eigenvalue weighted by molar-refractivity contribution is 9.11. The zero-order valence-corrected chi connectivity index (χ0v) is 36.5. The molecular formula is C42H59Br2N9O5. The summed E-state index contributed by atoms with van der Waals surface area (Å²) in [7, 11) is 0. The number of unbranched alkanes of at least 4 members (excludes halogenated alkanes) is 1. The van der Waals surface area contributed by atoms with E-state index in [0.717, 1.165) is 56.7 Å². The monoisotopic (exact) mass is 927 g/mol. The predicted octanol–water partition coefficient (Wildman–Crippen LogP) is 4.50. The average molecular weight is 930 g/mol. The maximum atomic E-state index is 14.4. The Hall–Kier alpha value is -3.57. The van der Waals surface area contributed by atoms with Gasteiger partial charge in [0.05, 0.1) is 12.2 Å². The largest absolute Gasteiger partial charge is 0.397 e. The van der Waals surface area contributed by atoms with Gasteiger partial charge in [-0.05, 0) is 139 Å². The number of nitrogen functional groups attached to an aromatic ring is 1. The molecule has 0 aromatic heterocycles. The summed E-state index contributed by atoms with van der Waals surface area (Å²) in [5.74, 6) is -1.50. The number of halogens is 2. The van der Waals surface area contributed by atoms with Crippen molar-refractivity contribution in [2.75, 3.05) is 70.0 Å². The van der Waals surface area contributed by atoms with E-state index in [1.807, 2.05) is 29.2 Å². The summed E-state index contributed by atoms with van der Waals surface area (Å²) >= 11 is 6.82. The Morgan fingerprint density at radius 2 is 1.50 bits per heavy atom. The molecular weight excluding hydrogens is 870 g/mol. The molecule has 2 aromatic carbocycles. The molecule has 2 atom stereocenters. The number of Topliss-reactive ketones (excluding diaryl/α,β-unsaturated/α-hetero) is 1. The number of hydrogen-bond donors (Lipinski definition) is 5. The summed E-state index contributed by atoms with van der Waals surface area (Å²) in [5.41, 5.74) is 14.5.